The maximum absolute atomic E-state index is 8.84. The van der Waals surface area contributed by atoms with Gasteiger partial charge in [-0.3, -0.25) is 4.90 Å². The van der Waals surface area contributed by atoms with Crippen LogP contribution in [0.25, 0.3) is 0 Å². The van der Waals surface area contributed by atoms with Crippen LogP contribution in [-0.2, 0) is 0 Å². The predicted molar refractivity (Wildman–Crippen MR) is 83.0 cm³/mol. The third-order valence-electron chi connectivity index (χ3n) is 3.43. The van der Waals surface area contributed by atoms with E-state index in [1.54, 1.807) is 0 Å². The number of nitrogens with zero attached hydrogens (tertiary/aromatic N) is 2. The van der Waals surface area contributed by atoms with Crippen LogP contribution in [0.4, 0.5) is 11.4 Å². The molecule has 1 saturated heterocycles. The van der Waals surface area contributed by atoms with Crippen molar-refractivity contribution in [3.8, 4) is 0 Å². The Kier molecular flexibility index (Phi) is 5.57. The molecule has 0 bridgehead atoms. The fourth-order valence-corrected chi connectivity index (χ4v) is 2.46. The van der Waals surface area contributed by atoms with Crippen LogP contribution in [0.5, 0.6) is 0 Å². The van der Waals surface area contributed by atoms with Gasteiger partial charge in [0.1, 0.15) is 5.49 Å². The van der Waals surface area contributed by atoms with Crippen LogP contribution in [0.3, 0.4) is 0 Å². The van der Waals surface area contributed by atoms with Gasteiger partial charge in [0.2, 0.25) is 0 Å². The average Bonchev–Trinajstić information content (AvgIpc) is 2.47. The van der Waals surface area contributed by atoms with Crippen molar-refractivity contribution in [2.24, 2.45) is 0 Å². The van der Waals surface area contributed by atoms with Crippen LogP contribution in [-0.4, -0.2) is 54.8 Å². The fourth-order valence-electron chi connectivity index (χ4n) is 2.34. The minimum Gasteiger partial charge on any atom is -0.396 e. The van der Waals surface area contributed by atoms with Gasteiger partial charge in [0.05, 0.1) is 0 Å². The Morgan fingerprint density at radius 1 is 1.16 bits per heavy atom. The molecule has 1 radical (unpaired) electrons. The van der Waals surface area contributed by atoms with E-state index in [0.29, 0.717) is 0 Å². The first-order chi connectivity index (χ1) is 9.33. The number of anilines is 2. The van der Waals surface area contributed by atoms with E-state index in [1.165, 1.54) is 5.69 Å². The number of rotatable bonds is 6. The van der Waals surface area contributed by atoms with Gasteiger partial charge in [-0.05, 0) is 30.7 Å². The first-order valence-corrected chi connectivity index (χ1v) is 7.05. The van der Waals surface area contributed by atoms with E-state index < -0.39 is 0 Å². The third-order valence-corrected chi connectivity index (χ3v) is 3.53. The Labute approximate surface area is 120 Å². The fraction of sp³-hybridized carbons (Fsp3) is 0.500. The molecule has 1 aliphatic rings. The van der Waals surface area contributed by atoms with E-state index in [1.807, 2.05) is 12.1 Å². The van der Waals surface area contributed by atoms with Gasteiger partial charge in [0.25, 0.3) is 0 Å². The lowest BCUT2D eigenvalue weighted by atomic mass is 10.2. The van der Waals surface area contributed by atoms with Crippen LogP contribution in [0.15, 0.2) is 24.3 Å². The van der Waals surface area contributed by atoms with Gasteiger partial charge in [-0.15, -0.1) is 0 Å². The van der Waals surface area contributed by atoms with Crippen molar-refractivity contribution in [2.75, 3.05) is 49.5 Å². The maximum atomic E-state index is 8.84. The minimum atomic E-state index is 0.283. The summed E-state index contributed by atoms with van der Waals surface area (Å²) < 4.78 is 0. The lowest BCUT2D eigenvalue weighted by Crippen LogP contribution is -2.46. The van der Waals surface area contributed by atoms with Crippen LogP contribution in [0, 0.1) is 0 Å². The summed E-state index contributed by atoms with van der Waals surface area (Å²) in [4.78, 5) is 4.80. The molecule has 1 aliphatic heterocycles. The van der Waals surface area contributed by atoms with Crippen LogP contribution >= 0.6 is 12.2 Å². The third kappa shape index (κ3) is 4.16. The van der Waals surface area contributed by atoms with Crippen molar-refractivity contribution >= 4 is 29.1 Å². The van der Waals surface area contributed by atoms with Gasteiger partial charge in [0.15, 0.2) is 0 Å². The predicted octanol–water partition coefficient (Wildman–Crippen LogP) is 1.44. The summed E-state index contributed by atoms with van der Waals surface area (Å²) in [5, 5.41) is 11.7. The molecule has 0 aromatic heterocycles. The van der Waals surface area contributed by atoms with Gasteiger partial charge in [-0.2, -0.15) is 0 Å². The zero-order valence-corrected chi connectivity index (χ0v) is 11.8. The summed E-state index contributed by atoms with van der Waals surface area (Å²) in [5.74, 6) is 0. The molecule has 0 unspecified atom stereocenters. The largest absolute Gasteiger partial charge is 0.396 e. The normalized spacial score (nSPS) is 16.4. The second-order valence-electron chi connectivity index (χ2n) is 4.68. The van der Waals surface area contributed by atoms with Crippen molar-refractivity contribution in [3.05, 3.63) is 24.3 Å². The second kappa shape index (κ2) is 7.43. The molecule has 4 nitrogen and oxygen atoms in total. The second-order valence-corrected chi connectivity index (χ2v) is 4.88. The SMILES string of the molecule is OCCCN1CCN(c2ccc(N[C]=S)cc2)CC1. The van der Waals surface area contributed by atoms with E-state index in [4.69, 9.17) is 5.11 Å². The van der Waals surface area contributed by atoms with Crippen LogP contribution < -0.4 is 10.2 Å². The number of hydrogen-bond acceptors (Lipinski definition) is 4. The lowest BCUT2D eigenvalue weighted by molar-refractivity contribution is 0.216. The van der Waals surface area contributed by atoms with E-state index in [9.17, 15) is 0 Å². The summed E-state index contributed by atoms with van der Waals surface area (Å²) in [5.41, 5.74) is 4.72. The highest BCUT2D eigenvalue weighted by atomic mass is 32.1. The van der Waals surface area contributed by atoms with E-state index >= 15 is 0 Å². The number of nitrogens with one attached hydrogen (secondary N) is 1. The Balaban J connectivity index is 1.85. The quantitative estimate of drug-likeness (QED) is 0.608. The lowest BCUT2D eigenvalue weighted by Gasteiger charge is -2.36. The molecule has 2 N–H and O–H groups in total. The smallest absolute Gasteiger partial charge is 0.138 e. The van der Waals surface area contributed by atoms with Crippen molar-refractivity contribution in [1.82, 2.24) is 4.90 Å². The molecule has 1 heterocycles. The van der Waals surface area contributed by atoms with Gasteiger partial charge in [-0.25, -0.2) is 0 Å². The molecule has 2 rings (SSSR count). The molecule has 0 spiro atoms. The highest BCUT2D eigenvalue weighted by Crippen LogP contribution is 2.19. The first kappa shape index (κ1) is 14.2. The van der Waals surface area contributed by atoms with Gasteiger partial charge >= 0.3 is 0 Å². The van der Waals surface area contributed by atoms with E-state index in [-0.39, 0.29) is 6.61 Å². The number of benzene rings is 1. The molecular weight excluding hydrogens is 258 g/mol. The molecule has 0 amide bonds. The van der Waals surface area contributed by atoms with Crippen LogP contribution in [0.2, 0.25) is 0 Å². The summed E-state index contributed by atoms with van der Waals surface area (Å²) in [7, 11) is 0. The first-order valence-electron chi connectivity index (χ1n) is 6.65. The summed E-state index contributed by atoms with van der Waals surface area (Å²) in [6.07, 6.45) is 0.869. The Bertz CT molecular complexity index is 388. The molecule has 19 heavy (non-hydrogen) atoms. The number of aliphatic hydroxyl groups excluding tert-OH is 1. The van der Waals surface area contributed by atoms with Gasteiger partial charge in [-0.1, -0.05) is 12.2 Å². The van der Waals surface area contributed by atoms with E-state index in [2.05, 4.69) is 45.0 Å². The average molecular weight is 278 g/mol. The highest BCUT2D eigenvalue weighted by molar-refractivity contribution is 7.79. The van der Waals surface area contributed by atoms with Crippen molar-refractivity contribution in [2.45, 2.75) is 6.42 Å². The molecular formula is C14H20N3OS. The molecule has 1 aromatic rings. The Morgan fingerprint density at radius 2 is 1.84 bits per heavy atom. The zero-order chi connectivity index (χ0) is 13.5. The topological polar surface area (TPSA) is 38.7 Å². The molecule has 1 aromatic carbocycles. The zero-order valence-electron chi connectivity index (χ0n) is 11.0. The highest BCUT2D eigenvalue weighted by Gasteiger charge is 2.16. The van der Waals surface area contributed by atoms with E-state index in [0.717, 1.165) is 44.8 Å². The Hall–Kier alpha value is -1.17. The number of thiocarbonyl (C=S) groups is 1. The minimum absolute atomic E-state index is 0.283. The molecule has 1 fully saturated rings. The molecule has 103 valence electrons. The standard InChI is InChI=1S/C14H20N3OS/c18-11-1-6-16-7-9-17(10-8-16)14-4-2-13(3-5-14)15-12-19/h2-5,18H,1,6-11H2,(H,15,19). The maximum Gasteiger partial charge on any atom is 0.138 e. The molecule has 5 heteroatoms. The summed E-state index contributed by atoms with van der Waals surface area (Å²) in [6.45, 7) is 5.49. The monoisotopic (exact) mass is 278 g/mol. The van der Waals surface area contributed by atoms with Crippen molar-refractivity contribution in [3.63, 3.8) is 0 Å². The number of piperazine rings is 1. The Morgan fingerprint density at radius 3 is 2.42 bits per heavy atom. The number of aliphatic hydroxyl groups is 1. The van der Waals surface area contributed by atoms with Crippen molar-refractivity contribution < 1.29 is 5.11 Å². The van der Waals surface area contributed by atoms with Gasteiger partial charge < -0.3 is 15.3 Å². The van der Waals surface area contributed by atoms with Crippen LogP contribution in [0.1, 0.15) is 6.42 Å². The van der Waals surface area contributed by atoms with Gasteiger partial charge in [0, 0.05) is 50.7 Å². The molecule has 0 saturated carbocycles. The summed E-state index contributed by atoms with van der Waals surface area (Å²) >= 11 is 4.64. The summed E-state index contributed by atoms with van der Waals surface area (Å²) in [6, 6.07) is 8.26. The number of hydrogen-bond donors (Lipinski definition) is 2. The molecule has 0 aliphatic carbocycles. The molecule has 0 atom stereocenters. The van der Waals surface area contributed by atoms with Crippen molar-refractivity contribution in [1.29, 1.82) is 0 Å².